The third-order valence-electron chi connectivity index (χ3n) is 1.44. The minimum absolute atomic E-state index is 0.200. The first kappa shape index (κ1) is 15.1. The van der Waals surface area contributed by atoms with Gasteiger partial charge in [0.2, 0.25) is 0 Å². The second-order valence-corrected chi connectivity index (χ2v) is 9.63. The molecule has 15 heavy (non-hydrogen) atoms. The Morgan fingerprint density at radius 3 is 2.40 bits per heavy atom. The maximum atomic E-state index is 5.84. The van der Waals surface area contributed by atoms with E-state index < -0.39 is 8.32 Å². The first-order valence-electron chi connectivity index (χ1n) is 5.36. The van der Waals surface area contributed by atoms with Crippen molar-refractivity contribution in [1.82, 2.24) is 0 Å². The molecule has 0 aromatic rings. The molecule has 0 bridgehead atoms. The quantitative estimate of drug-likeness (QED) is 0.366. The third kappa shape index (κ3) is 10.3. The van der Waals surface area contributed by atoms with E-state index in [2.05, 4.69) is 26.2 Å². The van der Waals surface area contributed by atoms with Gasteiger partial charge in [0.1, 0.15) is 0 Å². The molecule has 0 saturated heterocycles. The van der Waals surface area contributed by atoms with Crippen LogP contribution in [0.1, 0.15) is 6.92 Å². The highest BCUT2D eigenvalue weighted by atomic mass is 28.4. The molecule has 0 aliphatic rings. The Kier molecular flexibility index (Phi) is 7.37. The molecular formula is C10H24O3Si2. The molecule has 0 spiro atoms. The average Bonchev–Trinajstić information content (AvgIpc) is 2.00. The van der Waals surface area contributed by atoms with Gasteiger partial charge in [-0.25, -0.2) is 0 Å². The van der Waals surface area contributed by atoms with Crippen LogP contribution in [0.15, 0.2) is 12.2 Å². The maximum Gasteiger partial charge on any atom is 0.187 e. The molecule has 0 aliphatic carbocycles. The fourth-order valence-electron chi connectivity index (χ4n) is 1.03. The number of rotatable bonds is 8. The minimum Gasteiger partial charge on any atom is -0.391 e. The van der Waals surface area contributed by atoms with Gasteiger partial charge in [0.25, 0.3) is 0 Å². The number of hydrogen-bond donors (Lipinski definition) is 0. The van der Waals surface area contributed by atoms with Gasteiger partial charge >= 0.3 is 0 Å². The van der Waals surface area contributed by atoms with Crippen molar-refractivity contribution in [2.24, 2.45) is 0 Å². The molecule has 1 atom stereocenters. The van der Waals surface area contributed by atoms with Crippen LogP contribution in [0.2, 0.25) is 19.6 Å². The van der Waals surface area contributed by atoms with Gasteiger partial charge in [-0.05, 0) is 26.6 Å². The summed E-state index contributed by atoms with van der Waals surface area (Å²) in [6, 6.07) is 0. The summed E-state index contributed by atoms with van der Waals surface area (Å²) in [5, 5.41) is 0. The Morgan fingerprint density at radius 1 is 1.40 bits per heavy atom. The van der Waals surface area contributed by atoms with E-state index in [1.54, 1.807) is 0 Å². The van der Waals surface area contributed by atoms with E-state index in [-0.39, 0.29) is 6.29 Å². The second kappa shape index (κ2) is 7.35. The summed E-state index contributed by atoms with van der Waals surface area (Å²) in [6.07, 6.45) is 0.583. The van der Waals surface area contributed by atoms with E-state index in [9.17, 15) is 0 Å². The molecule has 0 rings (SSSR count). The Hall–Kier alpha value is 0.0538. The number of ether oxygens (including phenoxy) is 2. The fraction of sp³-hybridized carbons (Fsp3) is 0.800. The van der Waals surface area contributed by atoms with Crippen LogP contribution in [-0.2, 0) is 13.9 Å². The zero-order valence-corrected chi connectivity index (χ0v) is 13.6. The van der Waals surface area contributed by atoms with E-state index in [4.69, 9.17) is 13.9 Å². The first-order valence-corrected chi connectivity index (χ1v) is 10.2. The summed E-state index contributed by atoms with van der Waals surface area (Å²) < 4.78 is 16.8. The standard InChI is InChI=1S/C10H24O3Si2/c1-9(2)6-11-7-10(12-8-14)13-15(3,4)5/h10H,1,6-8H2,2-5,14H3. The monoisotopic (exact) mass is 248 g/mol. The predicted molar refractivity (Wildman–Crippen MR) is 69.7 cm³/mol. The smallest absolute Gasteiger partial charge is 0.187 e. The highest BCUT2D eigenvalue weighted by Crippen LogP contribution is 2.09. The van der Waals surface area contributed by atoms with Crippen molar-refractivity contribution in [3.63, 3.8) is 0 Å². The van der Waals surface area contributed by atoms with Crippen molar-refractivity contribution in [3.8, 4) is 0 Å². The van der Waals surface area contributed by atoms with Gasteiger partial charge < -0.3 is 13.9 Å². The van der Waals surface area contributed by atoms with Crippen LogP contribution >= 0.6 is 0 Å². The molecule has 0 aromatic carbocycles. The molecule has 5 heteroatoms. The van der Waals surface area contributed by atoms with Crippen LogP contribution in [0.4, 0.5) is 0 Å². The van der Waals surface area contributed by atoms with E-state index in [1.165, 1.54) is 0 Å². The molecule has 0 radical (unpaired) electrons. The molecule has 3 nitrogen and oxygen atoms in total. The molecule has 1 unspecified atom stereocenters. The third-order valence-corrected chi connectivity index (χ3v) is 2.74. The van der Waals surface area contributed by atoms with Crippen LogP contribution in [0, 0.1) is 0 Å². The Labute approximate surface area is 97.4 Å². The highest BCUT2D eigenvalue weighted by Gasteiger charge is 2.21. The largest absolute Gasteiger partial charge is 0.391 e. The molecule has 0 saturated carbocycles. The summed E-state index contributed by atoms with van der Waals surface area (Å²) in [5.41, 5.74) is 1.02. The van der Waals surface area contributed by atoms with Crippen molar-refractivity contribution in [1.29, 1.82) is 0 Å². The van der Waals surface area contributed by atoms with Crippen molar-refractivity contribution in [3.05, 3.63) is 12.2 Å². The zero-order valence-electron chi connectivity index (χ0n) is 10.6. The van der Waals surface area contributed by atoms with Gasteiger partial charge in [-0.1, -0.05) is 12.2 Å². The van der Waals surface area contributed by atoms with Gasteiger partial charge in [0.05, 0.1) is 13.2 Å². The summed E-state index contributed by atoms with van der Waals surface area (Å²) in [5.74, 6) is 0. The Morgan fingerprint density at radius 2 is 2.00 bits per heavy atom. The number of hydrogen-bond acceptors (Lipinski definition) is 3. The second-order valence-electron chi connectivity index (χ2n) is 4.59. The lowest BCUT2D eigenvalue weighted by atomic mass is 10.4. The van der Waals surface area contributed by atoms with Crippen LogP contribution in [0.25, 0.3) is 0 Å². The van der Waals surface area contributed by atoms with Gasteiger partial charge in [0.15, 0.2) is 14.6 Å². The van der Waals surface area contributed by atoms with E-state index >= 15 is 0 Å². The molecule has 0 aliphatic heterocycles. The van der Waals surface area contributed by atoms with Gasteiger partial charge in [-0.15, -0.1) is 0 Å². The fourth-order valence-corrected chi connectivity index (χ4v) is 2.32. The van der Waals surface area contributed by atoms with Crippen molar-refractivity contribution < 1.29 is 13.9 Å². The minimum atomic E-state index is -1.55. The summed E-state index contributed by atoms with van der Waals surface area (Å²) in [6.45, 7) is 13.3. The lowest BCUT2D eigenvalue weighted by molar-refractivity contribution is -0.110. The van der Waals surface area contributed by atoms with Crippen molar-refractivity contribution in [2.45, 2.75) is 32.9 Å². The molecule has 0 amide bonds. The average molecular weight is 248 g/mol. The maximum absolute atomic E-state index is 5.84. The van der Waals surface area contributed by atoms with E-state index in [1.807, 2.05) is 6.92 Å². The molecule has 0 N–H and O–H groups in total. The van der Waals surface area contributed by atoms with E-state index in [0.717, 1.165) is 22.0 Å². The van der Waals surface area contributed by atoms with Crippen LogP contribution in [0.3, 0.4) is 0 Å². The summed E-state index contributed by atoms with van der Waals surface area (Å²) >= 11 is 0. The molecule has 90 valence electrons. The first-order chi connectivity index (χ1) is 6.85. The van der Waals surface area contributed by atoms with Crippen LogP contribution in [-0.4, -0.2) is 44.3 Å². The lowest BCUT2D eigenvalue weighted by Crippen LogP contribution is -2.36. The lowest BCUT2D eigenvalue weighted by Gasteiger charge is -2.26. The molecule has 0 heterocycles. The SMILES string of the molecule is C=C(C)COCC(OC[SiH3])O[Si](C)(C)C. The van der Waals surface area contributed by atoms with Crippen molar-refractivity contribution in [2.75, 3.05) is 19.4 Å². The topological polar surface area (TPSA) is 27.7 Å². The highest BCUT2D eigenvalue weighted by molar-refractivity contribution is 6.69. The molecular weight excluding hydrogens is 224 g/mol. The van der Waals surface area contributed by atoms with Crippen LogP contribution < -0.4 is 0 Å². The molecule has 0 aromatic heterocycles. The predicted octanol–water partition coefficient (Wildman–Crippen LogP) is 1.10. The van der Waals surface area contributed by atoms with Crippen molar-refractivity contribution >= 4 is 18.6 Å². The summed E-state index contributed by atoms with van der Waals surface area (Å²) in [4.78, 5) is 0. The van der Waals surface area contributed by atoms with Gasteiger partial charge in [-0.3, -0.25) is 0 Å². The zero-order chi connectivity index (χ0) is 11.9. The normalized spacial score (nSPS) is 14.1. The Bertz CT molecular complexity index is 190. The Balaban J connectivity index is 3.88. The summed E-state index contributed by atoms with van der Waals surface area (Å²) in [7, 11) is -0.523. The van der Waals surface area contributed by atoms with Gasteiger partial charge in [-0.2, -0.15) is 0 Å². The van der Waals surface area contributed by atoms with Gasteiger partial charge in [0, 0.05) is 16.5 Å². The van der Waals surface area contributed by atoms with Crippen LogP contribution in [0.5, 0.6) is 0 Å². The van der Waals surface area contributed by atoms with E-state index in [0.29, 0.717) is 13.2 Å². The molecule has 0 fully saturated rings.